The van der Waals surface area contributed by atoms with Crippen molar-refractivity contribution in [3.8, 4) is 11.1 Å². The summed E-state index contributed by atoms with van der Waals surface area (Å²) in [5.74, 6) is 0.791. The normalized spacial score (nSPS) is 27.3. The summed E-state index contributed by atoms with van der Waals surface area (Å²) in [7, 11) is 0. The van der Waals surface area contributed by atoms with E-state index in [1.165, 1.54) is 4.90 Å². The van der Waals surface area contributed by atoms with Crippen molar-refractivity contribution in [2.24, 2.45) is 5.92 Å². The molecule has 3 fully saturated rings. The van der Waals surface area contributed by atoms with Gasteiger partial charge < -0.3 is 15.2 Å². The van der Waals surface area contributed by atoms with E-state index in [0.717, 1.165) is 35.9 Å². The number of hydrogen-bond donors (Lipinski definition) is 2. The lowest BCUT2D eigenvalue weighted by Gasteiger charge is -2.49. The summed E-state index contributed by atoms with van der Waals surface area (Å²) in [6, 6.07) is 5.90. The van der Waals surface area contributed by atoms with Crippen molar-refractivity contribution >= 4 is 17.2 Å². The van der Waals surface area contributed by atoms with Crippen LogP contribution in [0.15, 0.2) is 36.8 Å². The average Bonchev–Trinajstić information content (AvgIpc) is 3.51. The van der Waals surface area contributed by atoms with Crippen LogP contribution in [-0.4, -0.2) is 97.0 Å². The predicted octanol–water partition coefficient (Wildman–Crippen LogP) is 3.51. The van der Waals surface area contributed by atoms with Crippen molar-refractivity contribution in [1.29, 1.82) is 0 Å². The van der Waals surface area contributed by atoms with E-state index in [-0.39, 0.29) is 36.6 Å². The van der Waals surface area contributed by atoms with Gasteiger partial charge in [0.2, 0.25) is 5.91 Å². The third-order valence-corrected chi connectivity index (χ3v) is 8.72. The minimum atomic E-state index is -4.18. The van der Waals surface area contributed by atoms with Gasteiger partial charge in [-0.1, -0.05) is 0 Å². The highest BCUT2D eigenvalue weighted by Gasteiger charge is 2.42. The standard InChI is InChI=1S/C29H36F3N7O3/c1-18-15-37(17-29(30,31)32)7-8-38(18)22-10-20(11-22)28(41)35-26-12-23-9-19(5-6-39(23)36-26)21-13-33-27(34-14-21)16-42-25-4-2-3-24(25)40/h5-6,9,12-14,18,20,22,24-25,40H,2-4,7-8,10-11,15-17H2,1H3,(H,35,36,41)/t18-,20?,22?,24-,25-/m0/s1. The van der Waals surface area contributed by atoms with Crippen LogP contribution in [0.25, 0.3) is 16.6 Å². The van der Waals surface area contributed by atoms with E-state index < -0.39 is 18.8 Å². The maximum atomic E-state index is 12.9. The first-order chi connectivity index (χ1) is 20.1. The number of piperazine rings is 1. The highest BCUT2D eigenvalue weighted by atomic mass is 19.4. The number of alkyl halides is 3. The second-order valence-corrected chi connectivity index (χ2v) is 11.8. The van der Waals surface area contributed by atoms with Gasteiger partial charge in [0.15, 0.2) is 11.6 Å². The van der Waals surface area contributed by atoms with Gasteiger partial charge in [0.05, 0.1) is 24.3 Å². The molecule has 2 N–H and O–H groups in total. The monoisotopic (exact) mass is 587 g/mol. The number of carbonyl (C=O) groups excluding carboxylic acids is 1. The molecule has 3 aromatic rings. The smallest absolute Gasteiger partial charge is 0.390 e. The highest BCUT2D eigenvalue weighted by Crippen LogP contribution is 2.35. The molecule has 6 rings (SSSR count). The molecule has 1 saturated heterocycles. The average molecular weight is 588 g/mol. The van der Waals surface area contributed by atoms with Crippen LogP contribution in [0.3, 0.4) is 0 Å². The predicted molar refractivity (Wildman–Crippen MR) is 148 cm³/mol. The SMILES string of the molecule is C[C@H]1CN(CC(F)(F)F)CCN1C1CC(C(=O)Nc2cc3cc(-c4cnc(CO[C@H]5CCC[C@@H]5O)nc4)ccn3n2)C1. The van der Waals surface area contributed by atoms with Crippen LogP contribution < -0.4 is 5.32 Å². The maximum absolute atomic E-state index is 12.9. The van der Waals surface area contributed by atoms with Crippen LogP contribution in [0, 0.1) is 5.92 Å². The molecular formula is C29H36F3N7O3. The van der Waals surface area contributed by atoms with E-state index in [2.05, 4.69) is 25.3 Å². The molecule has 2 aliphatic carbocycles. The van der Waals surface area contributed by atoms with Gasteiger partial charge in [-0.3, -0.25) is 14.6 Å². The van der Waals surface area contributed by atoms with Gasteiger partial charge in [0, 0.05) is 67.9 Å². The molecule has 3 atom stereocenters. The molecule has 3 aliphatic rings. The summed E-state index contributed by atoms with van der Waals surface area (Å²) in [6.07, 6.45) is 4.51. The number of aliphatic hydroxyl groups is 1. The van der Waals surface area contributed by atoms with Crippen LogP contribution in [0.5, 0.6) is 0 Å². The molecule has 3 aromatic heterocycles. The van der Waals surface area contributed by atoms with Crippen LogP contribution in [0.2, 0.25) is 0 Å². The first-order valence-corrected chi connectivity index (χ1v) is 14.6. The number of aliphatic hydroxyl groups excluding tert-OH is 1. The number of anilines is 1. The van der Waals surface area contributed by atoms with E-state index in [0.29, 0.717) is 44.1 Å². The van der Waals surface area contributed by atoms with Crippen LogP contribution in [0.4, 0.5) is 19.0 Å². The molecule has 13 heteroatoms. The molecule has 1 amide bonds. The van der Waals surface area contributed by atoms with E-state index in [4.69, 9.17) is 4.74 Å². The summed E-state index contributed by atoms with van der Waals surface area (Å²) in [5, 5.41) is 17.3. The van der Waals surface area contributed by atoms with Crippen LogP contribution in [0.1, 0.15) is 44.9 Å². The fourth-order valence-corrected chi connectivity index (χ4v) is 6.38. The second-order valence-electron chi connectivity index (χ2n) is 11.8. The van der Waals surface area contributed by atoms with Crippen molar-refractivity contribution in [3.63, 3.8) is 0 Å². The Kier molecular flexibility index (Phi) is 8.18. The van der Waals surface area contributed by atoms with Gasteiger partial charge in [-0.05, 0) is 56.7 Å². The number of carbonyl (C=O) groups is 1. The summed E-state index contributed by atoms with van der Waals surface area (Å²) in [5.41, 5.74) is 2.55. The summed E-state index contributed by atoms with van der Waals surface area (Å²) in [4.78, 5) is 25.4. The van der Waals surface area contributed by atoms with E-state index in [9.17, 15) is 23.1 Å². The number of nitrogens with zero attached hydrogens (tertiary/aromatic N) is 6. The molecule has 10 nitrogen and oxygen atoms in total. The lowest BCUT2D eigenvalue weighted by molar-refractivity contribution is -0.154. The Morgan fingerprint density at radius 1 is 1.14 bits per heavy atom. The molecule has 0 bridgehead atoms. The molecule has 1 aliphatic heterocycles. The molecule has 4 heterocycles. The Hall–Kier alpha value is -3.13. The van der Waals surface area contributed by atoms with Crippen molar-refractivity contribution in [1.82, 2.24) is 29.4 Å². The molecule has 2 saturated carbocycles. The summed E-state index contributed by atoms with van der Waals surface area (Å²) < 4.78 is 45.7. The van der Waals surface area contributed by atoms with Crippen molar-refractivity contribution < 1.29 is 27.8 Å². The first kappa shape index (κ1) is 29.0. The third kappa shape index (κ3) is 6.59. The van der Waals surface area contributed by atoms with Crippen molar-refractivity contribution in [2.75, 3.05) is 31.5 Å². The van der Waals surface area contributed by atoms with E-state index >= 15 is 0 Å². The number of amides is 1. The van der Waals surface area contributed by atoms with Gasteiger partial charge in [-0.25, -0.2) is 14.5 Å². The van der Waals surface area contributed by atoms with E-state index in [1.807, 2.05) is 31.3 Å². The zero-order chi connectivity index (χ0) is 29.4. The maximum Gasteiger partial charge on any atom is 0.401 e. The quantitative estimate of drug-likeness (QED) is 0.413. The fourth-order valence-electron chi connectivity index (χ4n) is 6.38. The molecule has 0 spiro atoms. The molecule has 0 aromatic carbocycles. The number of rotatable bonds is 8. The number of nitrogens with one attached hydrogen (secondary N) is 1. The van der Waals surface area contributed by atoms with Gasteiger partial charge >= 0.3 is 6.18 Å². The number of halogens is 3. The minimum Gasteiger partial charge on any atom is -0.390 e. The van der Waals surface area contributed by atoms with Gasteiger partial charge in [-0.15, -0.1) is 0 Å². The topological polar surface area (TPSA) is 108 Å². The zero-order valence-corrected chi connectivity index (χ0v) is 23.5. The van der Waals surface area contributed by atoms with Gasteiger partial charge in [-0.2, -0.15) is 18.3 Å². The Morgan fingerprint density at radius 3 is 2.62 bits per heavy atom. The molecule has 0 radical (unpaired) electrons. The fraction of sp³-hybridized carbons (Fsp3) is 0.586. The Bertz CT molecular complexity index is 1390. The molecule has 0 unspecified atom stereocenters. The van der Waals surface area contributed by atoms with Crippen LogP contribution in [-0.2, 0) is 16.1 Å². The highest BCUT2D eigenvalue weighted by molar-refractivity contribution is 5.93. The number of pyridine rings is 1. The number of ether oxygens (including phenoxy) is 1. The molecule has 42 heavy (non-hydrogen) atoms. The Morgan fingerprint density at radius 2 is 1.93 bits per heavy atom. The Labute approximate surface area is 241 Å². The first-order valence-electron chi connectivity index (χ1n) is 14.6. The Balaban J connectivity index is 1.00. The number of hydrogen-bond acceptors (Lipinski definition) is 8. The molecular weight excluding hydrogens is 551 g/mol. The largest absolute Gasteiger partial charge is 0.401 e. The summed E-state index contributed by atoms with van der Waals surface area (Å²) in [6.45, 7) is 2.69. The second kappa shape index (κ2) is 11.9. The van der Waals surface area contributed by atoms with Crippen LogP contribution >= 0.6 is 0 Å². The zero-order valence-electron chi connectivity index (χ0n) is 23.5. The third-order valence-electron chi connectivity index (χ3n) is 8.72. The van der Waals surface area contributed by atoms with Crippen molar-refractivity contribution in [2.45, 2.75) is 76.1 Å². The van der Waals surface area contributed by atoms with E-state index in [1.54, 1.807) is 16.9 Å². The summed E-state index contributed by atoms with van der Waals surface area (Å²) >= 11 is 0. The van der Waals surface area contributed by atoms with Gasteiger partial charge in [0.25, 0.3) is 0 Å². The van der Waals surface area contributed by atoms with Gasteiger partial charge in [0.1, 0.15) is 6.61 Å². The number of fused-ring (bicyclic) bond motifs is 1. The lowest BCUT2D eigenvalue weighted by Crippen LogP contribution is -2.60. The number of aromatic nitrogens is 4. The van der Waals surface area contributed by atoms with Crippen molar-refractivity contribution in [3.05, 3.63) is 42.6 Å². The minimum absolute atomic E-state index is 0.0172. The lowest BCUT2D eigenvalue weighted by atomic mass is 9.78. The molecule has 226 valence electrons.